The summed E-state index contributed by atoms with van der Waals surface area (Å²) in [6.45, 7) is 2.72. The van der Waals surface area contributed by atoms with Gasteiger partial charge in [-0.15, -0.1) is 0 Å². The summed E-state index contributed by atoms with van der Waals surface area (Å²) in [5.74, 6) is 0.819. The van der Waals surface area contributed by atoms with Gasteiger partial charge in [0.1, 0.15) is 0 Å². The number of hydrogen-bond acceptors (Lipinski definition) is 4. The first-order chi connectivity index (χ1) is 13.3. The smallest absolute Gasteiger partial charge is 0.159 e. The van der Waals surface area contributed by atoms with Gasteiger partial charge in [0.25, 0.3) is 0 Å². The zero-order valence-corrected chi connectivity index (χ0v) is 15.0. The van der Waals surface area contributed by atoms with Crippen LogP contribution in [0.5, 0.6) is 0 Å². The molecule has 5 rings (SSSR count). The first-order valence-electron chi connectivity index (χ1n) is 9.32. The molecule has 0 fully saturated rings. The fourth-order valence-corrected chi connectivity index (χ4v) is 3.66. The molecule has 27 heavy (non-hydrogen) atoms. The second kappa shape index (κ2) is 6.89. The standard InChI is InChI=1S/C23H20N4/c1-2-7-18(8-3-1)23-24-14-19-15-27(13-12-22(19)26-23)16-20-11-10-17-6-4-5-9-21(17)25-20/h1-11,14H,12-13,15-16H2. The molecule has 132 valence electrons. The number of fused-ring (bicyclic) bond motifs is 2. The van der Waals surface area contributed by atoms with Gasteiger partial charge >= 0.3 is 0 Å². The van der Waals surface area contributed by atoms with Gasteiger partial charge in [-0.25, -0.2) is 9.97 Å². The molecule has 2 aromatic carbocycles. The second-order valence-corrected chi connectivity index (χ2v) is 6.99. The highest BCUT2D eigenvalue weighted by molar-refractivity contribution is 5.78. The Bertz CT molecular complexity index is 1090. The summed E-state index contributed by atoms with van der Waals surface area (Å²) in [5, 5.41) is 1.19. The van der Waals surface area contributed by atoms with Gasteiger partial charge in [-0.3, -0.25) is 9.88 Å². The molecule has 1 aliphatic heterocycles. The van der Waals surface area contributed by atoms with Gasteiger partial charge in [0.15, 0.2) is 5.82 Å². The summed E-state index contributed by atoms with van der Waals surface area (Å²) in [4.78, 5) is 16.6. The van der Waals surface area contributed by atoms with E-state index < -0.39 is 0 Å². The van der Waals surface area contributed by atoms with Crippen molar-refractivity contribution in [3.63, 3.8) is 0 Å². The largest absolute Gasteiger partial charge is 0.293 e. The molecule has 0 radical (unpaired) electrons. The summed E-state index contributed by atoms with van der Waals surface area (Å²) >= 11 is 0. The Hall–Kier alpha value is -3.11. The third-order valence-corrected chi connectivity index (χ3v) is 5.09. The molecule has 4 heteroatoms. The van der Waals surface area contributed by atoms with Crippen molar-refractivity contribution in [1.29, 1.82) is 0 Å². The second-order valence-electron chi connectivity index (χ2n) is 6.99. The van der Waals surface area contributed by atoms with E-state index in [4.69, 9.17) is 9.97 Å². The van der Waals surface area contributed by atoms with Crippen LogP contribution in [0.3, 0.4) is 0 Å². The average Bonchev–Trinajstić information content (AvgIpc) is 2.74. The van der Waals surface area contributed by atoms with Crippen molar-refractivity contribution in [3.05, 3.63) is 89.9 Å². The highest BCUT2D eigenvalue weighted by atomic mass is 15.1. The number of nitrogens with zero attached hydrogens (tertiary/aromatic N) is 4. The Morgan fingerprint density at radius 1 is 0.852 bits per heavy atom. The van der Waals surface area contributed by atoms with Crippen LogP contribution in [0.15, 0.2) is 72.9 Å². The molecule has 0 saturated heterocycles. The first-order valence-corrected chi connectivity index (χ1v) is 9.32. The topological polar surface area (TPSA) is 41.9 Å². The van der Waals surface area contributed by atoms with Crippen molar-refractivity contribution in [2.24, 2.45) is 0 Å². The molecule has 4 aromatic rings. The summed E-state index contributed by atoms with van der Waals surface area (Å²) in [6.07, 6.45) is 2.94. The number of rotatable bonds is 3. The third kappa shape index (κ3) is 3.32. The fraction of sp³-hybridized carbons (Fsp3) is 0.174. The van der Waals surface area contributed by atoms with Crippen LogP contribution in [-0.4, -0.2) is 26.4 Å². The third-order valence-electron chi connectivity index (χ3n) is 5.09. The van der Waals surface area contributed by atoms with Crippen molar-refractivity contribution < 1.29 is 0 Å². The maximum absolute atomic E-state index is 4.81. The molecular formula is C23H20N4. The number of pyridine rings is 1. The lowest BCUT2D eigenvalue weighted by Gasteiger charge is -2.27. The molecule has 0 spiro atoms. The van der Waals surface area contributed by atoms with Crippen LogP contribution in [0.4, 0.5) is 0 Å². The van der Waals surface area contributed by atoms with E-state index in [0.29, 0.717) is 0 Å². The van der Waals surface area contributed by atoms with Gasteiger partial charge < -0.3 is 0 Å². The summed E-state index contributed by atoms with van der Waals surface area (Å²) in [5.41, 5.74) is 5.64. The van der Waals surface area contributed by atoms with Crippen LogP contribution in [0, 0.1) is 0 Å². The predicted octanol–water partition coefficient (Wildman–Crippen LogP) is 4.25. The number of aromatic nitrogens is 3. The van der Waals surface area contributed by atoms with Crippen LogP contribution in [-0.2, 0) is 19.5 Å². The summed E-state index contributed by atoms with van der Waals surface area (Å²) in [6, 6.07) is 22.7. The Labute approximate surface area is 158 Å². The van der Waals surface area contributed by atoms with Crippen LogP contribution >= 0.6 is 0 Å². The van der Waals surface area contributed by atoms with Crippen LogP contribution in [0.25, 0.3) is 22.3 Å². The van der Waals surface area contributed by atoms with Gasteiger partial charge in [-0.1, -0.05) is 54.6 Å². The van der Waals surface area contributed by atoms with Crippen LogP contribution < -0.4 is 0 Å². The van der Waals surface area contributed by atoms with E-state index in [9.17, 15) is 0 Å². The van der Waals surface area contributed by atoms with E-state index >= 15 is 0 Å². The van der Waals surface area contributed by atoms with Crippen LogP contribution in [0.2, 0.25) is 0 Å². The normalized spacial score (nSPS) is 14.2. The van der Waals surface area contributed by atoms with Crippen molar-refractivity contribution in [2.45, 2.75) is 19.5 Å². The minimum absolute atomic E-state index is 0.819. The fourth-order valence-electron chi connectivity index (χ4n) is 3.66. The monoisotopic (exact) mass is 352 g/mol. The van der Waals surface area contributed by atoms with Crippen molar-refractivity contribution >= 4 is 10.9 Å². The van der Waals surface area contributed by atoms with Gasteiger partial charge in [0, 0.05) is 48.8 Å². The zero-order chi connectivity index (χ0) is 18.1. The van der Waals surface area contributed by atoms with E-state index in [1.807, 2.05) is 30.5 Å². The maximum Gasteiger partial charge on any atom is 0.159 e. The Balaban J connectivity index is 1.34. The van der Waals surface area contributed by atoms with Gasteiger partial charge in [-0.05, 0) is 12.1 Å². The highest BCUT2D eigenvalue weighted by Gasteiger charge is 2.19. The lowest BCUT2D eigenvalue weighted by atomic mass is 10.1. The van der Waals surface area contributed by atoms with Gasteiger partial charge in [0.2, 0.25) is 0 Å². The number of hydrogen-bond donors (Lipinski definition) is 0. The van der Waals surface area contributed by atoms with Gasteiger partial charge in [0.05, 0.1) is 16.9 Å². The number of para-hydroxylation sites is 1. The zero-order valence-electron chi connectivity index (χ0n) is 15.0. The highest BCUT2D eigenvalue weighted by Crippen LogP contribution is 2.22. The van der Waals surface area contributed by atoms with Crippen molar-refractivity contribution in [3.8, 4) is 11.4 Å². The van der Waals surface area contributed by atoms with E-state index in [0.717, 1.165) is 48.7 Å². The molecule has 3 heterocycles. The molecule has 0 amide bonds. The van der Waals surface area contributed by atoms with Crippen molar-refractivity contribution in [1.82, 2.24) is 19.9 Å². The molecule has 2 aromatic heterocycles. The Kier molecular flexibility index (Phi) is 4.11. The molecule has 0 aliphatic carbocycles. The SMILES string of the molecule is c1ccc(-c2ncc3c(n2)CCN(Cc2ccc4ccccc4n2)C3)cc1. The van der Waals surface area contributed by atoms with E-state index in [1.165, 1.54) is 16.6 Å². The molecule has 1 aliphatic rings. The molecule has 4 nitrogen and oxygen atoms in total. The molecular weight excluding hydrogens is 332 g/mol. The average molecular weight is 352 g/mol. The molecule has 0 unspecified atom stereocenters. The molecule has 0 atom stereocenters. The lowest BCUT2D eigenvalue weighted by molar-refractivity contribution is 0.240. The van der Waals surface area contributed by atoms with Crippen molar-refractivity contribution in [2.75, 3.05) is 6.54 Å². The van der Waals surface area contributed by atoms with E-state index in [1.54, 1.807) is 0 Å². The first kappa shape index (κ1) is 16.1. The van der Waals surface area contributed by atoms with E-state index in [-0.39, 0.29) is 0 Å². The molecule has 0 bridgehead atoms. The van der Waals surface area contributed by atoms with Gasteiger partial charge in [-0.2, -0.15) is 0 Å². The van der Waals surface area contributed by atoms with E-state index in [2.05, 4.69) is 52.3 Å². The Morgan fingerprint density at radius 2 is 1.70 bits per heavy atom. The minimum Gasteiger partial charge on any atom is -0.293 e. The molecule has 0 N–H and O–H groups in total. The minimum atomic E-state index is 0.819. The predicted molar refractivity (Wildman–Crippen MR) is 107 cm³/mol. The Morgan fingerprint density at radius 3 is 2.63 bits per heavy atom. The number of benzene rings is 2. The summed E-state index contributed by atoms with van der Waals surface area (Å²) < 4.78 is 0. The quantitative estimate of drug-likeness (QED) is 0.553. The summed E-state index contributed by atoms with van der Waals surface area (Å²) in [7, 11) is 0. The maximum atomic E-state index is 4.81. The van der Waals surface area contributed by atoms with Crippen LogP contribution in [0.1, 0.15) is 17.0 Å². The lowest BCUT2D eigenvalue weighted by Crippen LogP contribution is -2.31. The molecule has 0 saturated carbocycles.